The molecule has 2 heterocycles. The van der Waals surface area contributed by atoms with Crippen LogP contribution in [0.15, 0.2) is 42.5 Å². The van der Waals surface area contributed by atoms with Crippen LogP contribution in [0.3, 0.4) is 0 Å². The van der Waals surface area contributed by atoms with Crippen molar-refractivity contribution in [1.82, 2.24) is 9.80 Å². The molecule has 0 radical (unpaired) electrons. The van der Waals surface area contributed by atoms with Crippen LogP contribution in [0.4, 0.5) is 13.2 Å². The predicted molar refractivity (Wildman–Crippen MR) is 118 cm³/mol. The van der Waals surface area contributed by atoms with Crippen LogP contribution in [0.25, 0.3) is 0 Å². The Morgan fingerprint density at radius 3 is 2.31 bits per heavy atom. The Balaban J connectivity index is 0.00000181. The minimum atomic E-state index is -4.39. The van der Waals surface area contributed by atoms with Crippen molar-refractivity contribution in [2.24, 2.45) is 0 Å². The van der Waals surface area contributed by atoms with E-state index in [9.17, 15) is 23.1 Å². The molecule has 5 nitrogen and oxygen atoms in total. The monoisotopic (exact) mass is 472 g/mol. The van der Waals surface area contributed by atoms with Gasteiger partial charge in [0, 0.05) is 18.7 Å². The summed E-state index contributed by atoms with van der Waals surface area (Å²) in [5.74, 6) is 0.154. The highest BCUT2D eigenvalue weighted by molar-refractivity contribution is 5.85. The van der Waals surface area contributed by atoms with E-state index < -0.39 is 11.7 Å². The van der Waals surface area contributed by atoms with Crippen molar-refractivity contribution in [1.29, 1.82) is 0 Å². The molecule has 1 saturated heterocycles. The van der Waals surface area contributed by atoms with E-state index in [4.69, 9.17) is 0 Å². The molecule has 1 atom stereocenters. The van der Waals surface area contributed by atoms with Gasteiger partial charge in [0.15, 0.2) is 0 Å². The third kappa shape index (κ3) is 5.54. The molecule has 176 valence electrons. The number of halogens is 4. The fraction of sp³-hybridized carbons (Fsp3) is 0.435. The quantitative estimate of drug-likeness (QED) is 0.736. The Labute approximate surface area is 191 Å². The first-order valence-corrected chi connectivity index (χ1v) is 10.3. The van der Waals surface area contributed by atoms with E-state index in [1.54, 1.807) is 12.1 Å². The van der Waals surface area contributed by atoms with Crippen molar-refractivity contribution < 1.29 is 28.5 Å². The van der Waals surface area contributed by atoms with Crippen LogP contribution >= 0.6 is 12.4 Å². The molecule has 0 saturated carbocycles. The van der Waals surface area contributed by atoms with Crippen molar-refractivity contribution in [3.05, 3.63) is 64.7 Å². The van der Waals surface area contributed by atoms with Crippen LogP contribution in [0.2, 0.25) is 0 Å². The first-order chi connectivity index (χ1) is 14.3. The maximum atomic E-state index is 13.2. The second-order valence-corrected chi connectivity index (χ2v) is 8.08. The number of benzene rings is 2. The molecule has 0 bridgehead atoms. The van der Waals surface area contributed by atoms with E-state index in [1.165, 1.54) is 12.1 Å². The summed E-state index contributed by atoms with van der Waals surface area (Å²) < 4.78 is 38.4. The van der Waals surface area contributed by atoms with Crippen molar-refractivity contribution >= 4 is 18.3 Å². The zero-order chi connectivity index (χ0) is 21.3. The van der Waals surface area contributed by atoms with Gasteiger partial charge < -0.3 is 20.4 Å². The Hall–Kier alpha value is -2.29. The van der Waals surface area contributed by atoms with Gasteiger partial charge in [0.2, 0.25) is 5.91 Å². The SMILES string of the molecule is Cl.O.O=C(Cc1ccc(C(F)(F)F)cc1)N1CCc2c(O)cccc2C1CN1CCCC1. The van der Waals surface area contributed by atoms with E-state index in [0.717, 1.165) is 49.2 Å². The van der Waals surface area contributed by atoms with Crippen LogP contribution in [-0.2, 0) is 23.8 Å². The number of hydrogen-bond acceptors (Lipinski definition) is 3. The fourth-order valence-corrected chi connectivity index (χ4v) is 4.53. The smallest absolute Gasteiger partial charge is 0.416 e. The lowest BCUT2D eigenvalue weighted by molar-refractivity contribution is -0.137. The summed E-state index contributed by atoms with van der Waals surface area (Å²) in [6.45, 7) is 3.18. The van der Waals surface area contributed by atoms with Crippen molar-refractivity contribution in [3.63, 3.8) is 0 Å². The Kier molecular flexibility index (Phi) is 8.56. The van der Waals surface area contributed by atoms with Crippen molar-refractivity contribution in [2.45, 2.75) is 37.9 Å². The van der Waals surface area contributed by atoms with Gasteiger partial charge in [-0.3, -0.25) is 4.79 Å². The highest BCUT2D eigenvalue weighted by Crippen LogP contribution is 2.36. The molecule has 4 rings (SSSR count). The molecule has 3 N–H and O–H groups in total. The van der Waals surface area contributed by atoms with Gasteiger partial charge in [-0.1, -0.05) is 24.3 Å². The van der Waals surface area contributed by atoms with Crippen LogP contribution in [-0.4, -0.2) is 52.5 Å². The summed E-state index contributed by atoms with van der Waals surface area (Å²) in [4.78, 5) is 17.3. The first kappa shape index (κ1) is 26.0. The van der Waals surface area contributed by atoms with Crippen LogP contribution < -0.4 is 0 Å². The Morgan fingerprint density at radius 1 is 1.03 bits per heavy atom. The van der Waals surface area contributed by atoms with Gasteiger partial charge in [-0.25, -0.2) is 0 Å². The molecule has 2 aliphatic heterocycles. The lowest BCUT2D eigenvalue weighted by atomic mass is 9.90. The molecule has 0 aliphatic carbocycles. The molecule has 0 aromatic heterocycles. The van der Waals surface area contributed by atoms with Gasteiger partial charge >= 0.3 is 6.18 Å². The maximum absolute atomic E-state index is 13.2. The second kappa shape index (κ2) is 10.6. The third-order valence-corrected chi connectivity index (χ3v) is 6.11. The maximum Gasteiger partial charge on any atom is 0.416 e. The van der Waals surface area contributed by atoms with E-state index in [-0.39, 0.29) is 42.0 Å². The molecule has 2 aromatic carbocycles. The van der Waals surface area contributed by atoms with Crippen molar-refractivity contribution in [2.75, 3.05) is 26.2 Å². The summed E-state index contributed by atoms with van der Waals surface area (Å²) in [5, 5.41) is 10.3. The average Bonchev–Trinajstić information content (AvgIpc) is 3.21. The topological polar surface area (TPSA) is 75.3 Å². The number of likely N-dealkylation sites (tertiary alicyclic amines) is 1. The number of aromatic hydroxyl groups is 1. The number of fused-ring (bicyclic) bond motifs is 1. The van der Waals surface area contributed by atoms with Gasteiger partial charge in [0.1, 0.15) is 5.75 Å². The summed E-state index contributed by atoms with van der Waals surface area (Å²) in [5.41, 5.74) is 1.71. The zero-order valence-corrected chi connectivity index (χ0v) is 18.4. The summed E-state index contributed by atoms with van der Waals surface area (Å²) >= 11 is 0. The molecule has 2 aliphatic rings. The van der Waals surface area contributed by atoms with E-state index in [0.29, 0.717) is 25.1 Å². The number of nitrogens with zero attached hydrogens (tertiary/aromatic N) is 2. The Morgan fingerprint density at radius 2 is 1.69 bits per heavy atom. The highest BCUT2D eigenvalue weighted by Gasteiger charge is 2.34. The fourth-order valence-electron chi connectivity index (χ4n) is 4.53. The van der Waals surface area contributed by atoms with Crippen LogP contribution in [0, 0.1) is 0 Å². The average molecular weight is 473 g/mol. The number of carbonyl (C=O) groups is 1. The number of hydrogen-bond donors (Lipinski definition) is 1. The minimum absolute atomic E-state index is 0. The van der Waals surface area contributed by atoms with Gasteiger partial charge in [-0.15, -0.1) is 12.4 Å². The number of rotatable bonds is 4. The normalized spacial score (nSPS) is 18.5. The molecule has 1 amide bonds. The first-order valence-electron chi connectivity index (χ1n) is 10.3. The van der Waals surface area contributed by atoms with Crippen LogP contribution in [0.5, 0.6) is 5.75 Å². The summed E-state index contributed by atoms with van der Waals surface area (Å²) in [6.07, 6.45) is -1.49. The van der Waals surface area contributed by atoms with Gasteiger partial charge in [0.25, 0.3) is 0 Å². The second-order valence-electron chi connectivity index (χ2n) is 8.08. The van der Waals surface area contributed by atoms with Crippen molar-refractivity contribution in [3.8, 4) is 5.75 Å². The number of carbonyl (C=O) groups excluding carboxylic acids is 1. The number of phenolic OH excluding ortho intramolecular Hbond substituents is 1. The number of amides is 1. The lowest BCUT2D eigenvalue weighted by Gasteiger charge is -2.39. The molecule has 32 heavy (non-hydrogen) atoms. The van der Waals surface area contributed by atoms with E-state index >= 15 is 0 Å². The van der Waals surface area contributed by atoms with Crippen LogP contribution in [0.1, 0.15) is 41.1 Å². The molecule has 1 fully saturated rings. The number of phenols is 1. The largest absolute Gasteiger partial charge is 0.508 e. The molecule has 2 aromatic rings. The van der Waals surface area contributed by atoms with E-state index in [1.807, 2.05) is 11.0 Å². The lowest BCUT2D eigenvalue weighted by Crippen LogP contribution is -2.45. The Bertz CT molecular complexity index is 916. The number of alkyl halides is 3. The predicted octanol–water partition coefficient (Wildman–Crippen LogP) is 3.77. The van der Waals surface area contributed by atoms with Gasteiger partial charge in [-0.05, 0) is 61.7 Å². The molecular formula is C23H28ClF3N2O3. The highest BCUT2D eigenvalue weighted by atomic mass is 35.5. The minimum Gasteiger partial charge on any atom is -0.508 e. The van der Waals surface area contributed by atoms with Gasteiger partial charge in [-0.2, -0.15) is 13.2 Å². The van der Waals surface area contributed by atoms with E-state index in [2.05, 4.69) is 4.90 Å². The molecule has 9 heteroatoms. The summed E-state index contributed by atoms with van der Waals surface area (Å²) in [6, 6.07) is 10.1. The summed E-state index contributed by atoms with van der Waals surface area (Å²) in [7, 11) is 0. The zero-order valence-electron chi connectivity index (χ0n) is 17.6. The third-order valence-electron chi connectivity index (χ3n) is 6.11. The molecule has 1 unspecified atom stereocenters. The van der Waals surface area contributed by atoms with Gasteiger partial charge in [0.05, 0.1) is 18.0 Å². The standard InChI is InChI=1S/C23H25F3N2O2.ClH.H2O/c24-23(25,26)17-8-6-16(7-9-17)14-22(30)28-13-10-19-18(4-3-5-21(19)29)20(28)15-27-11-1-2-12-27;;/h3-9,20,29H,1-2,10-15H2;1H;1H2. The molecular weight excluding hydrogens is 445 g/mol. The molecule has 0 spiro atoms.